The first-order chi connectivity index (χ1) is 8.29. The van der Waals surface area contributed by atoms with E-state index in [0.29, 0.717) is 18.0 Å². The molecule has 0 fully saturated rings. The molecule has 2 aromatic carbocycles. The van der Waals surface area contributed by atoms with Gasteiger partial charge in [0.05, 0.1) is 9.64 Å². The predicted octanol–water partition coefficient (Wildman–Crippen LogP) is 2.35. The van der Waals surface area contributed by atoms with Crippen molar-refractivity contribution >= 4 is 28.3 Å². The molecule has 0 bridgehead atoms. The molecule has 0 heterocycles. The van der Waals surface area contributed by atoms with Crippen molar-refractivity contribution in [3.63, 3.8) is 0 Å². The summed E-state index contributed by atoms with van der Waals surface area (Å²) in [5.74, 6) is 0.688. The Labute approximate surface area is 113 Å². The van der Waals surface area contributed by atoms with Crippen LogP contribution in [0.4, 0.5) is 5.69 Å². The lowest BCUT2D eigenvalue weighted by Crippen LogP contribution is -2.56. The van der Waals surface area contributed by atoms with E-state index in [1.165, 1.54) is 0 Å². The number of hydrogen-bond acceptors (Lipinski definition) is 2. The van der Waals surface area contributed by atoms with Crippen LogP contribution in [0.2, 0.25) is 0 Å². The Hall–Kier alpha value is -1.43. The van der Waals surface area contributed by atoms with Crippen LogP contribution < -0.4 is 9.91 Å². The molecule has 0 saturated heterocycles. The first kappa shape index (κ1) is 12.0. The molecule has 2 aromatic rings. The third-order valence-corrected chi connectivity index (χ3v) is 3.24. The molecule has 0 aliphatic heterocycles. The number of rotatable bonds is 4. The molecule has 1 N–H and O–H groups in total. The van der Waals surface area contributed by atoms with Crippen LogP contribution in [0.15, 0.2) is 48.5 Å². The maximum absolute atomic E-state index is 10.7. The van der Waals surface area contributed by atoms with Gasteiger partial charge in [0, 0.05) is 10.1 Å². The van der Waals surface area contributed by atoms with E-state index in [1.54, 1.807) is 6.07 Å². The van der Waals surface area contributed by atoms with Gasteiger partial charge in [-0.3, -0.25) is 0 Å². The van der Waals surface area contributed by atoms with Gasteiger partial charge in [0.25, 0.3) is 5.69 Å². The van der Waals surface area contributed by atoms with Crippen LogP contribution >= 0.6 is 22.6 Å². The average Bonchev–Trinajstić information content (AvgIpc) is 2.39. The maximum Gasteiger partial charge on any atom is 0.270 e. The van der Waals surface area contributed by atoms with Gasteiger partial charge in [0.1, 0.15) is 12.4 Å². The lowest BCUT2D eigenvalue weighted by atomic mass is 10.2. The number of nitrogens with one attached hydrogen (secondary N) is 1. The zero-order valence-corrected chi connectivity index (χ0v) is 11.2. The third kappa shape index (κ3) is 3.26. The highest BCUT2D eigenvalue weighted by molar-refractivity contribution is 14.1. The molecule has 3 nitrogen and oxygen atoms in total. The Morgan fingerprint density at radius 1 is 1.12 bits per heavy atom. The summed E-state index contributed by atoms with van der Waals surface area (Å²) in [6.45, 7) is 0.500. The summed E-state index contributed by atoms with van der Waals surface area (Å²) in [6.07, 6.45) is 0. The topological polar surface area (TPSA) is 40.3 Å². The molecular weight excluding hydrogens is 329 g/mol. The molecule has 17 heavy (non-hydrogen) atoms. The summed E-state index contributed by atoms with van der Waals surface area (Å²) < 4.78 is 6.49. The van der Waals surface area contributed by atoms with Gasteiger partial charge in [-0.2, -0.15) is 0 Å². The highest BCUT2D eigenvalue weighted by atomic mass is 127. The van der Waals surface area contributed by atoms with Gasteiger partial charge in [0.2, 0.25) is 0 Å². The van der Waals surface area contributed by atoms with E-state index in [-0.39, 0.29) is 0 Å². The number of benzene rings is 2. The fraction of sp³-hybridized carbons (Fsp3) is 0.0769. The van der Waals surface area contributed by atoms with Crippen LogP contribution in [-0.4, -0.2) is 0 Å². The van der Waals surface area contributed by atoms with Crippen molar-refractivity contribution in [3.05, 3.63) is 62.6 Å². The second-order valence-corrected chi connectivity index (χ2v) is 4.68. The van der Waals surface area contributed by atoms with E-state index in [9.17, 15) is 4.91 Å². The molecule has 0 saturated carbocycles. The molecule has 0 amide bonds. The first-order valence-corrected chi connectivity index (χ1v) is 6.22. The van der Waals surface area contributed by atoms with Gasteiger partial charge in [-0.1, -0.05) is 30.3 Å². The van der Waals surface area contributed by atoms with Gasteiger partial charge in [-0.15, -0.1) is 0 Å². The second-order valence-electron chi connectivity index (χ2n) is 3.52. The zero-order chi connectivity index (χ0) is 12.1. The number of halogens is 1. The second kappa shape index (κ2) is 5.77. The summed E-state index contributed by atoms with van der Waals surface area (Å²) >= 11 is 2.10. The van der Waals surface area contributed by atoms with E-state index >= 15 is 0 Å². The quantitative estimate of drug-likeness (QED) is 0.868. The molecule has 0 aliphatic carbocycles. The molecule has 0 aromatic heterocycles. The van der Waals surface area contributed by atoms with Crippen molar-refractivity contribution in [2.45, 2.75) is 6.61 Å². The smallest absolute Gasteiger partial charge is 0.270 e. The Bertz CT molecular complexity index is 514. The van der Waals surface area contributed by atoms with Crippen LogP contribution in [-0.2, 0) is 6.61 Å². The van der Waals surface area contributed by atoms with Crippen LogP contribution in [0.5, 0.6) is 5.75 Å². The lowest BCUT2D eigenvalue weighted by Gasteiger charge is -2.05. The molecule has 2 rings (SSSR count). The summed E-state index contributed by atoms with van der Waals surface area (Å²) in [6, 6.07) is 15.3. The van der Waals surface area contributed by atoms with E-state index in [2.05, 4.69) is 22.6 Å². The minimum Gasteiger partial charge on any atom is -0.489 e. The van der Waals surface area contributed by atoms with Crippen molar-refractivity contribution in [1.82, 2.24) is 0 Å². The van der Waals surface area contributed by atoms with Gasteiger partial charge in [-0.05, 0) is 40.3 Å². The molecule has 0 unspecified atom stereocenters. The Morgan fingerprint density at radius 3 is 2.59 bits per heavy atom. The van der Waals surface area contributed by atoms with Crippen LogP contribution in [0, 0.1) is 8.48 Å². The fourth-order valence-electron chi connectivity index (χ4n) is 1.41. The summed E-state index contributed by atoms with van der Waals surface area (Å²) in [4.78, 5) is 10.7. The Kier molecular flexibility index (Phi) is 4.08. The van der Waals surface area contributed by atoms with E-state index in [1.807, 2.05) is 47.6 Å². The summed E-state index contributed by atoms with van der Waals surface area (Å²) in [7, 11) is 0. The molecule has 0 aliphatic rings. The summed E-state index contributed by atoms with van der Waals surface area (Å²) in [5, 5.41) is 1.90. The molecular formula is C13H11INO2+. The standard InChI is InChI=1S/C13H10INO2/c14-12-7-6-11(8-13(12)15-16)17-9-10-4-2-1-3-5-10/h1-8H,9H2/p+1. The minimum atomic E-state index is 0.500. The largest absolute Gasteiger partial charge is 0.489 e. The van der Waals surface area contributed by atoms with Crippen LogP contribution in [0.1, 0.15) is 5.56 Å². The van der Waals surface area contributed by atoms with Gasteiger partial charge in [0.15, 0.2) is 0 Å². The molecule has 0 radical (unpaired) electrons. The van der Waals surface area contributed by atoms with E-state index in [0.717, 1.165) is 9.13 Å². The van der Waals surface area contributed by atoms with E-state index in [4.69, 9.17) is 4.74 Å². The molecule has 0 spiro atoms. The molecule has 86 valence electrons. The van der Waals surface area contributed by atoms with Gasteiger partial charge < -0.3 is 4.74 Å². The number of hydrogen-bond donors (Lipinski definition) is 1. The van der Waals surface area contributed by atoms with Gasteiger partial charge in [-0.25, -0.2) is 0 Å². The Morgan fingerprint density at radius 2 is 1.88 bits per heavy atom. The van der Waals surface area contributed by atoms with Crippen molar-refractivity contribution < 1.29 is 9.91 Å². The zero-order valence-electron chi connectivity index (χ0n) is 9.02. The van der Waals surface area contributed by atoms with Crippen molar-refractivity contribution in [2.75, 3.05) is 0 Å². The van der Waals surface area contributed by atoms with Gasteiger partial charge >= 0.3 is 0 Å². The van der Waals surface area contributed by atoms with Crippen molar-refractivity contribution in [3.8, 4) is 5.75 Å². The lowest BCUT2D eigenvalue weighted by molar-refractivity contribution is -0.380. The maximum atomic E-state index is 10.7. The first-order valence-electron chi connectivity index (χ1n) is 5.14. The monoisotopic (exact) mass is 340 g/mol. The third-order valence-electron chi connectivity index (χ3n) is 2.30. The van der Waals surface area contributed by atoms with Crippen LogP contribution in [0.3, 0.4) is 0 Å². The SMILES string of the molecule is O=[NH+]c1cc(OCc2ccccc2)ccc1I. The summed E-state index contributed by atoms with van der Waals surface area (Å²) in [5.41, 5.74) is 1.64. The van der Waals surface area contributed by atoms with Crippen molar-refractivity contribution in [1.29, 1.82) is 0 Å². The Balaban J connectivity index is 2.07. The highest BCUT2D eigenvalue weighted by Gasteiger charge is 2.07. The fourth-order valence-corrected chi connectivity index (χ4v) is 1.86. The number of ether oxygens (including phenoxy) is 1. The minimum absolute atomic E-state index is 0.500. The normalized spacial score (nSPS) is 9.94. The predicted molar refractivity (Wildman–Crippen MR) is 73.9 cm³/mol. The average molecular weight is 340 g/mol. The number of nitroso groups, excluding NO2 is 1. The van der Waals surface area contributed by atoms with Crippen LogP contribution in [0.25, 0.3) is 0 Å². The van der Waals surface area contributed by atoms with E-state index < -0.39 is 0 Å². The molecule has 0 atom stereocenters. The molecule has 4 heteroatoms. The highest BCUT2D eigenvalue weighted by Crippen LogP contribution is 2.21. The van der Waals surface area contributed by atoms with Crippen molar-refractivity contribution in [2.24, 2.45) is 0 Å².